The molecule has 0 aromatic carbocycles. The number of rotatable bonds is 7. The highest BCUT2D eigenvalue weighted by Gasteiger charge is 2.45. The van der Waals surface area contributed by atoms with Gasteiger partial charge in [-0.25, -0.2) is 14.6 Å². The summed E-state index contributed by atoms with van der Waals surface area (Å²) in [6, 6.07) is 1.86. The van der Waals surface area contributed by atoms with E-state index in [1.165, 1.54) is 12.8 Å². The maximum atomic E-state index is 12.9. The lowest BCUT2D eigenvalue weighted by atomic mass is 9.77. The SMILES string of the molecule is COCc1cn([C@@H]2C[C@@H]3CN(C(=O)c4ncccn4)C[C@@H]3C[C@H]2OCC2CC2)nn1. The Hall–Kier alpha value is -2.39. The van der Waals surface area contributed by atoms with E-state index in [-0.39, 0.29) is 23.9 Å². The summed E-state index contributed by atoms with van der Waals surface area (Å²) in [6.07, 6.45) is 9.68. The highest BCUT2D eigenvalue weighted by molar-refractivity contribution is 5.90. The van der Waals surface area contributed by atoms with Crippen LogP contribution in [0.5, 0.6) is 0 Å². The fraction of sp³-hybridized carbons (Fsp3) is 0.667. The molecule has 0 unspecified atom stereocenters. The molecule has 0 bridgehead atoms. The molecule has 0 N–H and O–H groups in total. The molecule has 3 heterocycles. The van der Waals surface area contributed by atoms with Gasteiger partial charge in [0.1, 0.15) is 5.69 Å². The van der Waals surface area contributed by atoms with E-state index in [1.54, 1.807) is 25.6 Å². The fourth-order valence-corrected chi connectivity index (χ4v) is 4.80. The van der Waals surface area contributed by atoms with E-state index in [1.807, 2.05) is 15.8 Å². The largest absolute Gasteiger partial charge is 0.378 e. The number of aromatic nitrogens is 5. The molecule has 3 aliphatic rings. The summed E-state index contributed by atoms with van der Waals surface area (Å²) < 4.78 is 13.5. The van der Waals surface area contributed by atoms with Gasteiger partial charge in [0.25, 0.3) is 5.91 Å². The van der Waals surface area contributed by atoms with Crippen LogP contribution in [0.25, 0.3) is 0 Å². The van der Waals surface area contributed by atoms with Gasteiger partial charge in [0.15, 0.2) is 0 Å². The van der Waals surface area contributed by atoms with Crippen LogP contribution in [-0.4, -0.2) is 68.7 Å². The van der Waals surface area contributed by atoms with Gasteiger partial charge in [-0.05, 0) is 49.5 Å². The highest BCUT2D eigenvalue weighted by Crippen LogP contribution is 2.43. The standard InChI is InChI=1S/C21H28N6O3/c1-29-13-17-11-27(25-24-17)18-7-15-9-26(21(28)20-22-5-2-6-23-20)10-16(15)8-19(18)30-12-14-3-4-14/h2,5-6,11,14-16,18-19H,3-4,7-10,12-13H2,1H3/t15-,16+,18-,19-/m1/s1. The zero-order chi connectivity index (χ0) is 20.5. The van der Waals surface area contributed by atoms with Crippen LogP contribution in [0.4, 0.5) is 0 Å². The van der Waals surface area contributed by atoms with Crippen molar-refractivity contribution in [1.82, 2.24) is 29.9 Å². The second-order valence-electron chi connectivity index (χ2n) is 8.78. The van der Waals surface area contributed by atoms with Gasteiger partial charge < -0.3 is 14.4 Å². The Kier molecular flexibility index (Phi) is 5.47. The number of amides is 1. The van der Waals surface area contributed by atoms with Crippen LogP contribution in [0.3, 0.4) is 0 Å². The van der Waals surface area contributed by atoms with Crippen LogP contribution in [0, 0.1) is 17.8 Å². The zero-order valence-corrected chi connectivity index (χ0v) is 17.3. The molecule has 0 spiro atoms. The van der Waals surface area contributed by atoms with Gasteiger partial charge in [-0.1, -0.05) is 5.21 Å². The van der Waals surface area contributed by atoms with Gasteiger partial charge in [-0.15, -0.1) is 5.10 Å². The summed E-state index contributed by atoms with van der Waals surface area (Å²) >= 11 is 0. The second-order valence-corrected chi connectivity index (χ2v) is 8.78. The van der Waals surface area contributed by atoms with Gasteiger partial charge in [0, 0.05) is 39.2 Å². The maximum absolute atomic E-state index is 12.9. The van der Waals surface area contributed by atoms with Gasteiger partial charge in [0.05, 0.1) is 24.9 Å². The Morgan fingerprint density at radius 1 is 1.17 bits per heavy atom. The van der Waals surface area contributed by atoms with Gasteiger partial charge in [-0.2, -0.15) is 0 Å². The summed E-state index contributed by atoms with van der Waals surface area (Å²) in [5.74, 6) is 1.74. The molecular formula is C21H28N6O3. The molecule has 2 aromatic heterocycles. The molecular weight excluding hydrogens is 384 g/mol. The van der Waals surface area contributed by atoms with E-state index in [9.17, 15) is 4.79 Å². The fourth-order valence-electron chi connectivity index (χ4n) is 4.80. The van der Waals surface area contributed by atoms with Gasteiger partial charge in [-0.3, -0.25) is 4.79 Å². The molecule has 2 aromatic rings. The summed E-state index contributed by atoms with van der Waals surface area (Å²) in [7, 11) is 1.66. The van der Waals surface area contributed by atoms with E-state index in [0.717, 1.165) is 38.2 Å². The Labute approximate surface area is 175 Å². The average molecular weight is 412 g/mol. The van der Waals surface area contributed by atoms with Crippen molar-refractivity contribution in [2.75, 3.05) is 26.8 Å². The summed E-state index contributed by atoms with van der Waals surface area (Å²) in [6.45, 7) is 2.74. The molecule has 3 fully saturated rings. The molecule has 160 valence electrons. The Balaban J connectivity index is 1.31. The number of methoxy groups -OCH3 is 1. The van der Waals surface area contributed by atoms with E-state index < -0.39 is 0 Å². The minimum atomic E-state index is -0.0832. The molecule has 1 saturated heterocycles. The Morgan fingerprint density at radius 3 is 2.67 bits per heavy atom. The van der Waals surface area contributed by atoms with Gasteiger partial charge >= 0.3 is 0 Å². The smallest absolute Gasteiger partial charge is 0.291 e. The first kappa shape index (κ1) is 19.6. The van der Waals surface area contributed by atoms with Crippen LogP contribution in [0.1, 0.15) is 48.0 Å². The summed E-state index contributed by atoms with van der Waals surface area (Å²) in [5.41, 5.74) is 0.824. The number of carbonyl (C=O) groups is 1. The topological polar surface area (TPSA) is 95.3 Å². The van der Waals surface area contributed by atoms with Crippen molar-refractivity contribution in [2.24, 2.45) is 17.8 Å². The van der Waals surface area contributed by atoms with E-state index in [0.29, 0.717) is 24.4 Å². The van der Waals surface area contributed by atoms with Crippen molar-refractivity contribution in [3.05, 3.63) is 36.2 Å². The quantitative estimate of drug-likeness (QED) is 0.683. The summed E-state index contributed by atoms with van der Waals surface area (Å²) in [4.78, 5) is 23.0. The average Bonchev–Trinajstić information content (AvgIpc) is 3.33. The third kappa shape index (κ3) is 4.09. The predicted molar refractivity (Wildman–Crippen MR) is 106 cm³/mol. The Morgan fingerprint density at radius 2 is 1.93 bits per heavy atom. The molecule has 4 atom stereocenters. The first-order valence-corrected chi connectivity index (χ1v) is 10.8. The minimum absolute atomic E-state index is 0.0832. The molecule has 2 aliphatic carbocycles. The third-order valence-electron chi connectivity index (χ3n) is 6.56. The first-order valence-electron chi connectivity index (χ1n) is 10.8. The lowest BCUT2D eigenvalue weighted by molar-refractivity contribution is -0.0375. The monoisotopic (exact) mass is 412 g/mol. The lowest BCUT2D eigenvalue weighted by Crippen LogP contribution is -2.38. The number of hydrogen-bond donors (Lipinski definition) is 0. The van der Waals surface area contributed by atoms with Crippen LogP contribution < -0.4 is 0 Å². The van der Waals surface area contributed by atoms with Crippen molar-refractivity contribution in [2.45, 2.75) is 44.4 Å². The van der Waals surface area contributed by atoms with Crippen molar-refractivity contribution >= 4 is 5.91 Å². The highest BCUT2D eigenvalue weighted by atomic mass is 16.5. The van der Waals surface area contributed by atoms with Crippen molar-refractivity contribution in [3.8, 4) is 0 Å². The number of nitrogens with zero attached hydrogens (tertiary/aromatic N) is 6. The van der Waals surface area contributed by atoms with Crippen LogP contribution in [0.2, 0.25) is 0 Å². The molecule has 9 nitrogen and oxygen atoms in total. The zero-order valence-electron chi connectivity index (χ0n) is 17.3. The minimum Gasteiger partial charge on any atom is -0.378 e. The molecule has 1 amide bonds. The van der Waals surface area contributed by atoms with E-state index in [4.69, 9.17) is 9.47 Å². The summed E-state index contributed by atoms with van der Waals surface area (Å²) in [5, 5.41) is 8.62. The number of carbonyl (C=O) groups excluding carboxylic acids is 1. The number of ether oxygens (including phenoxy) is 2. The third-order valence-corrected chi connectivity index (χ3v) is 6.56. The Bertz CT molecular complexity index is 871. The predicted octanol–water partition coefficient (Wildman–Crippen LogP) is 1.73. The van der Waals surface area contributed by atoms with Crippen molar-refractivity contribution in [1.29, 1.82) is 0 Å². The molecule has 9 heteroatoms. The van der Waals surface area contributed by atoms with E-state index in [2.05, 4.69) is 20.3 Å². The van der Waals surface area contributed by atoms with Gasteiger partial charge in [0.2, 0.25) is 5.82 Å². The molecule has 0 radical (unpaired) electrons. The number of fused-ring (bicyclic) bond motifs is 1. The van der Waals surface area contributed by atoms with Crippen molar-refractivity contribution in [3.63, 3.8) is 0 Å². The molecule has 30 heavy (non-hydrogen) atoms. The van der Waals surface area contributed by atoms with Crippen LogP contribution >= 0.6 is 0 Å². The van der Waals surface area contributed by atoms with E-state index >= 15 is 0 Å². The molecule has 5 rings (SSSR count). The second kappa shape index (κ2) is 8.39. The van der Waals surface area contributed by atoms with Crippen molar-refractivity contribution < 1.29 is 14.3 Å². The number of hydrogen-bond acceptors (Lipinski definition) is 7. The van der Waals surface area contributed by atoms with Crippen LogP contribution in [0.15, 0.2) is 24.7 Å². The lowest BCUT2D eigenvalue weighted by Gasteiger charge is -2.37. The molecule has 2 saturated carbocycles. The normalized spacial score (nSPS) is 28.5. The first-order chi connectivity index (χ1) is 14.7. The maximum Gasteiger partial charge on any atom is 0.291 e. The molecule has 1 aliphatic heterocycles. The van der Waals surface area contributed by atoms with Crippen LogP contribution in [-0.2, 0) is 16.1 Å². The number of likely N-dealkylation sites (tertiary alicyclic amines) is 1.